The summed E-state index contributed by atoms with van der Waals surface area (Å²) in [6.07, 6.45) is 1.74. The topological polar surface area (TPSA) is 33.2 Å². The first-order valence-corrected chi connectivity index (χ1v) is 5.18. The molecule has 0 saturated carbocycles. The molecule has 0 radical (unpaired) electrons. The van der Waals surface area contributed by atoms with Crippen LogP contribution in [-0.4, -0.2) is 22.8 Å². The fraction of sp³-hybridized carbons (Fsp3) is 0.556. The quantitative estimate of drug-likeness (QED) is 0.733. The van der Waals surface area contributed by atoms with E-state index in [-0.39, 0.29) is 5.91 Å². The lowest BCUT2D eigenvalue weighted by Gasteiger charge is -2.11. The number of rotatable bonds is 2. The van der Waals surface area contributed by atoms with E-state index < -0.39 is 0 Å². The van der Waals surface area contributed by atoms with Gasteiger partial charge >= 0.3 is 0 Å². The van der Waals surface area contributed by atoms with Crippen LogP contribution in [0.2, 0.25) is 0 Å². The number of hydrogen-bond donors (Lipinski definition) is 0. The highest BCUT2D eigenvalue weighted by molar-refractivity contribution is 7.09. The molecular weight excluding hydrogens is 184 g/mol. The number of carbonyl (C=O) groups excluding carboxylic acids is 1. The third-order valence-electron chi connectivity index (χ3n) is 1.39. The van der Waals surface area contributed by atoms with Crippen molar-refractivity contribution in [2.75, 3.05) is 7.05 Å². The van der Waals surface area contributed by atoms with Gasteiger partial charge in [0.2, 0.25) is 5.91 Å². The Labute approximate surface area is 83.4 Å². The van der Waals surface area contributed by atoms with Crippen LogP contribution in [-0.2, 0) is 11.3 Å². The van der Waals surface area contributed by atoms with E-state index in [1.807, 2.05) is 19.2 Å². The lowest BCUT2D eigenvalue weighted by molar-refractivity contribution is -0.128. The summed E-state index contributed by atoms with van der Waals surface area (Å²) in [5.41, 5.74) is 0. The Hall–Kier alpha value is -0.900. The van der Waals surface area contributed by atoms with Crippen molar-refractivity contribution in [3.05, 3.63) is 16.6 Å². The van der Waals surface area contributed by atoms with Crippen LogP contribution >= 0.6 is 11.3 Å². The van der Waals surface area contributed by atoms with E-state index in [1.54, 1.807) is 36.4 Å². The van der Waals surface area contributed by atoms with Crippen molar-refractivity contribution >= 4 is 17.2 Å². The van der Waals surface area contributed by atoms with Gasteiger partial charge in [0.25, 0.3) is 0 Å². The first kappa shape index (κ1) is 12.1. The Balaban J connectivity index is 0.000000671. The Bertz CT molecular complexity index is 234. The maximum absolute atomic E-state index is 10.8. The highest BCUT2D eigenvalue weighted by Crippen LogP contribution is 2.06. The number of carbonyl (C=O) groups is 1. The predicted molar refractivity (Wildman–Crippen MR) is 55.6 cm³/mol. The van der Waals surface area contributed by atoms with Crippen molar-refractivity contribution < 1.29 is 4.79 Å². The Morgan fingerprint density at radius 2 is 2.23 bits per heavy atom. The van der Waals surface area contributed by atoms with Crippen molar-refractivity contribution in [2.24, 2.45) is 0 Å². The van der Waals surface area contributed by atoms with Crippen molar-refractivity contribution in [2.45, 2.75) is 27.3 Å². The molecule has 0 saturated heterocycles. The van der Waals surface area contributed by atoms with Crippen LogP contribution in [0.15, 0.2) is 11.6 Å². The summed E-state index contributed by atoms with van der Waals surface area (Å²) in [5, 5.41) is 2.88. The first-order valence-electron chi connectivity index (χ1n) is 4.30. The average molecular weight is 200 g/mol. The van der Waals surface area contributed by atoms with Gasteiger partial charge in [0.05, 0.1) is 6.54 Å². The van der Waals surface area contributed by atoms with Crippen LogP contribution in [0.5, 0.6) is 0 Å². The van der Waals surface area contributed by atoms with Crippen molar-refractivity contribution in [1.29, 1.82) is 0 Å². The second-order valence-corrected chi connectivity index (χ2v) is 3.28. The fourth-order valence-corrected chi connectivity index (χ4v) is 1.31. The summed E-state index contributed by atoms with van der Waals surface area (Å²) in [6, 6.07) is 0. The molecule has 3 nitrogen and oxygen atoms in total. The number of amides is 1. The molecule has 0 fully saturated rings. The number of hydrogen-bond acceptors (Lipinski definition) is 3. The van der Waals surface area contributed by atoms with E-state index in [2.05, 4.69) is 4.98 Å². The Morgan fingerprint density at radius 3 is 2.62 bits per heavy atom. The van der Waals surface area contributed by atoms with Gasteiger partial charge in [-0.05, 0) is 0 Å². The van der Waals surface area contributed by atoms with E-state index >= 15 is 0 Å². The van der Waals surface area contributed by atoms with Gasteiger partial charge in [0, 0.05) is 25.5 Å². The lowest BCUT2D eigenvalue weighted by Crippen LogP contribution is -2.22. The summed E-state index contributed by atoms with van der Waals surface area (Å²) in [7, 11) is 1.77. The van der Waals surface area contributed by atoms with E-state index in [1.165, 1.54) is 0 Å². The summed E-state index contributed by atoms with van der Waals surface area (Å²) in [6.45, 7) is 6.17. The van der Waals surface area contributed by atoms with Crippen molar-refractivity contribution in [3.63, 3.8) is 0 Å². The maximum Gasteiger partial charge on any atom is 0.219 e. The van der Waals surface area contributed by atoms with Gasteiger partial charge in [-0.3, -0.25) is 4.79 Å². The van der Waals surface area contributed by atoms with E-state index in [4.69, 9.17) is 0 Å². The molecule has 0 spiro atoms. The van der Waals surface area contributed by atoms with Crippen LogP contribution in [0.25, 0.3) is 0 Å². The molecule has 4 heteroatoms. The van der Waals surface area contributed by atoms with Crippen LogP contribution < -0.4 is 0 Å². The second-order valence-electron chi connectivity index (χ2n) is 2.30. The van der Waals surface area contributed by atoms with Gasteiger partial charge in [-0.1, -0.05) is 13.8 Å². The molecule has 1 aromatic heterocycles. The molecule has 74 valence electrons. The molecular formula is C9H16N2OS. The Kier molecular flexibility index (Phi) is 6.14. The standard InChI is InChI=1S/C7H10N2OS.C2H6/c1-6(10)9(2)5-7-8-3-4-11-7;1-2/h3-4H,5H2,1-2H3;1-2H3. The molecule has 0 N–H and O–H groups in total. The molecule has 0 aliphatic carbocycles. The molecule has 0 aliphatic rings. The van der Waals surface area contributed by atoms with Gasteiger partial charge in [-0.25, -0.2) is 4.98 Å². The minimum absolute atomic E-state index is 0.0696. The van der Waals surface area contributed by atoms with Crippen LogP contribution in [0, 0.1) is 0 Å². The maximum atomic E-state index is 10.8. The summed E-state index contributed by atoms with van der Waals surface area (Å²) in [5.74, 6) is 0.0696. The zero-order valence-electron chi connectivity index (χ0n) is 8.57. The molecule has 0 atom stereocenters. The summed E-state index contributed by atoms with van der Waals surface area (Å²) >= 11 is 1.56. The molecule has 1 amide bonds. The first-order chi connectivity index (χ1) is 6.20. The molecule has 0 aliphatic heterocycles. The Morgan fingerprint density at radius 1 is 1.62 bits per heavy atom. The van der Waals surface area contributed by atoms with Crippen LogP contribution in [0.3, 0.4) is 0 Å². The fourth-order valence-electron chi connectivity index (χ4n) is 0.645. The largest absolute Gasteiger partial charge is 0.339 e. The molecule has 1 rings (SSSR count). The predicted octanol–water partition coefficient (Wildman–Crippen LogP) is 2.15. The average Bonchev–Trinajstić information content (AvgIpc) is 2.60. The smallest absolute Gasteiger partial charge is 0.219 e. The number of thiazole rings is 1. The molecule has 13 heavy (non-hydrogen) atoms. The molecule has 1 heterocycles. The van der Waals surface area contributed by atoms with Crippen LogP contribution in [0.1, 0.15) is 25.8 Å². The third kappa shape index (κ3) is 4.62. The highest BCUT2D eigenvalue weighted by atomic mass is 32.1. The molecule has 0 aromatic carbocycles. The number of aromatic nitrogens is 1. The van der Waals surface area contributed by atoms with E-state index in [0.29, 0.717) is 6.54 Å². The minimum atomic E-state index is 0.0696. The van der Waals surface area contributed by atoms with Gasteiger partial charge in [0.1, 0.15) is 5.01 Å². The molecule has 0 unspecified atom stereocenters. The zero-order valence-corrected chi connectivity index (χ0v) is 9.39. The van der Waals surface area contributed by atoms with Gasteiger partial charge in [-0.2, -0.15) is 0 Å². The summed E-state index contributed by atoms with van der Waals surface area (Å²) in [4.78, 5) is 16.5. The SMILES string of the molecule is CC.CC(=O)N(C)Cc1nccs1. The zero-order chi connectivity index (χ0) is 10.3. The minimum Gasteiger partial charge on any atom is -0.339 e. The van der Waals surface area contributed by atoms with Crippen molar-refractivity contribution in [3.8, 4) is 0 Å². The number of nitrogens with zero attached hydrogens (tertiary/aromatic N) is 2. The van der Waals surface area contributed by atoms with Gasteiger partial charge in [0.15, 0.2) is 0 Å². The summed E-state index contributed by atoms with van der Waals surface area (Å²) < 4.78 is 0. The van der Waals surface area contributed by atoms with Gasteiger partial charge < -0.3 is 4.90 Å². The molecule has 1 aromatic rings. The highest BCUT2D eigenvalue weighted by Gasteiger charge is 2.03. The lowest BCUT2D eigenvalue weighted by atomic mass is 10.5. The molecule has 0 bridgehead atoms. The third-order valence-corrected chi connectivity index (χ3v) is 2.16. The van der Waals surface area contributed by atoms with Crippen LogP contribution in [0.4, 0.5) is 0 Å². The van der Waals surface area contributed by atoms with Gasteiger partial charge in [-0.15, -0.1) is 11.3 Å². The van der Waals surface area contributed by atoms with E-state index in [9.17, 15) is 4.79 Å². The monoisotopic (exact) mass is 200 g/mol. The van der Waals surface area contributed by atoms with E-state index in [0.717, 1.165) is 5.01 Å². The van der Waals surface area contributed by atoms with Crippen molar-refractivity contribution in [1.82, 2.24) is 9.88 Å². The second kappa shape index (κ2) is 6.60. The normalized spacial score (nSPS) is 8.62.